The molecule has 1 N–H and O–H groups in total. The molecule has 1 aliphatic heterocycles. The number of hydrogen-bond donors (Lipinski definition) is 1. The number of rotatable bonds is 4. The molecule has 1 aliphatic rings. The van der Waals surface area contributed by atoms with Gasteiger partial charge in [-0.15, -0.1) is 0 Å². The second kappa shape index (κ2) is 6.84. The topological polar surface area (TPSA) is 18.5 Å². The maximum absolute atomic E-state index is 3.56. The number of halogens is 1. The van der Waals surface area contributed by atoms with Crippen LogP contribution >= 0.6 is 15.9 Å². The van der Waals surface area contributed by atoms with Crippen LogP contribution in [0.5, 0.6) is 0 Å². The van der Waals surface area contributed by atoms with Gasteiger partial charge in [-0.2, -0.15) is 0 Å². The number of nitrogens with one attached hydrogen (secondary N) is 1. The first-order chi connectivity index (χ1) is 9.06. The minimum atomic E-state index is 0.617. The predicted molar refractivity (Wildman–Crippen MR) is 84.5 cm³/mol. The summed E-state index contributed by atoms with van der Waals surface area (Å²) in [7, 11) is 4.44. The SMILES string of the molecule is Cc1ccc(Br)cc1CN(C)CC1CNCCN1C. The lowest BCUT2D eigenvalue weighted by Crippen LogP contribution is -2.53. The minimum absolute atomic E-state index is 0.617. The lowest BCUT2D eigenvalue weighted by molar-refractivity contribution is 0.150. The van der Waals surface area contributed by atoms with Crippen molar-refractivity contribution in [2.75, 3.05) is 40.3 Å². The van der Waals surface area contributed by atoms with E-state index >= 15 is 0 Å². The summed E-state index contributed by atoms with van der Waals surface area (Å²) in [6.45, 7) is 7.66. The first-order valence-electron chi connectivity index (χ1n) is 6.91. The predicted octanol–water partition coefficient (Wildman–Crippen LogP) is 2.09. The molecule has 106 valence electrons. The van der Waals surface area contributed by atoms with Gasteiger partial charge in [0.15, 0.2) is 0 Å². The molecule has 0 aromatic heterocycles. The summed E-state index contributed by atoms with van der Waals surface area (Å²) in [5.41, 5.74) is 2.77. The maximum Gasteiger partial charge on any atom is 0.0345 e. The molecule has 1 heterocycles. The Hall–Kier alpha value is -0.420. The van der Waals surface area contributed by atoms with E-state index in [9.17, 15) is 0 Å². The molecule has 0 bridgehead atoms. The van der Waals surface area contributed by atoms with Crippen molar-refractivity contribution in [1.82, 2.24) is 15.1 Å². The first kappa shape index (κ1) is 15.0. The number of piperazine rings is 1. The molecule has 0 spiro atoms. The van der Waals surface area contributed by atoms with Gasteiger partial charge in [-0.3, -0.25) is 4.90 Å². The van der Waals surface area contributed by atoms with Gasteiger partial charge in [0, 0.05) is 43.2 Å². The fourth-order valence-corrected chi connectivity index (χ4v) is 3.00. The number of likely N-dealkylation sites (N-methyl/N-ethyl adjacent to an activating group) is 2. The average molecular weight is 326 g/mol. The van der Waals surface area contributed by atoms with E-state index in [4.69, 9.17) is 0 Å². The van der Waals surface area contributed by atoms with Crippen molar-refractivity contribution in [2.45, 2.75) is 19.5 Å². The van der Waals surface area contributed by atoms with E-state index in [0.717, 1.165) is 37.2 Å². The number of benzene rings is 1. The average Bonchev–Trinajstić information content (AvgIpc) is 2.37. The van der Waals surface area contributed by atoms with Gasteiger partial charge >= 0.3 is 0 Å². The van der Waals surface area contributed by atoms with Gasteiger partial charge in [-0.25, -0.2) is 0 Å². The second-order valence-electron chi connectivity index (χ2n) is 5.61. The van der Waals surface area contributed by atoms with Crippen LogP contribution < -0.4 is 5.32 Å². The summed E-state index contributed by atoms with van der Waals surface area (Å²) in [4.78, 5) is 4.88. The highest BCUT2D eigenvalue weighted by molar-refractivity contribution is 9.10. The van der Waals surface area contributed by atoms with Gasteiger partial charge in [0.05, 0.1) is 0 Å². The molecule has 0 aliphatic carbocycles. The van der Waals surface area contributed by atoms with E-state index in [1.807, 2.05) is 0 Å². The zero-order valence-electron chi connectivity index (χ0n) is 12.1. The van der Waals surface area contributed by atoms with Gasteiger partial charge in [0.1, 0.15) is 0 Å². The highest BCUT2D eigenvalue weighted by Gasteiger charge is 2.20. The number of nitrogens with zero attached hydrogens (tertiary/aromatic N) is 2. The summed E-state index contributed by atoms with van der Waals surface area (Å²) in [6, 6.07) is 7.14. The lowest BCUT2D eigenvalue weighted by atomic mass is 10.1. The van der Waals surface area contributed by atoms with Crippen LogP contribution in [-0.4, -0.2) is 56.1 Å². The summed E-state index contributed by atoms with van der Waals surface area (Å²) in [5, 5.41) is 3.48. The van der Waals surface area contributed by atoms with Crippen LogP contribution in [0, 0.1) is 6.92 Å². The monoisotopic (exact) mass is 325 g/mol. The van der Waals surface area contributed by atoms with Crippen LogP contribution in [0.4, 0.5) is 0 Å². The molecule has 1 aromatic carbocycles. The van der Waals surface area contributed by atoms with Gasteiger partial charge in [-0.05, 0) is 44.3 Å². The van der Waals surface area contributed by atoms with Gasteiger partial charge in [-0.1, -0.05) is 22.0 Å². The molecule has 0 radical (unpaired) electrons. The standard InChI is InChI=1S/C15H24BrN3/c1-12-4-5-14(16)8-13(12)10-18(2)11-15-9-17-6-7-19(15)3/h4-5,8,15,17H,6-7,9-11H2,1-3H3. The zero-order chi connectivity index (χ0) is 13.8. The van der Waals surface area contributed by atoms with Crippen molar-refractivity contribution in [3.8, 4) is 0 Å². The minimum Gasteiger partial charge on any atom is -0.314 e. The highest BCUT2D eigenvalue weighted by atomic mass is 79.9. The van der Waals surface area contributed by atoms with E-state index in [1.165, 1.54) is 11.1 Å². The second-order valence-corrected chi connectivity index (χ2v) is 6.52. The molecule has 1 aromatic rings. The third-order valence-electron chi connectivity index (χ3n) is 3.92. The van der Waals surface area contributed by atoms with Crippen LogP contribution in [0.2, 0.25) is 0 Å². The molecule has 1 fully saturated rings. The van der Waals surface area contributed by atoms with Crippen LogP contribution in [0.15, 0.2) is 22.7 Å². The Morgan fingerprint density at radius 2 is 2.26 bits per heavy atom. The molecule has 1 atom stereocenters. The van der Waals surface area contributed by atoms with Crippen LogP contribution in [0.25, 0.3) is 0 Å². The van der Waals surface area contributed by atoms with E-state index in [-0.39, 0.29) is 0 Å². The zero-order valence-corrected chi connectivity index (χ0v) is 13.7. The Morgan fingerprint density at radius 1 is 1.47 bits per heavy atom. The van der Waals surface area contributed by atoms with E-state index < -0.39 is 0 Å². The summed E-state index contributed by atoms with van der Waals surface area (Å²) >= 11 is 3.56. The molecule has 19 heavy (non-hydrogen) atoms. The highest BCUT2D eigenvalue weighted by Crippen LogP contribution is 2.17. The number of aryl methyl sites for hydroxylation is 1. The van der Waals surface area contributed by atoms with Crippen molar-refractivity contribution in [2.24, 2.45) is 0 Å². The molecule has 2 rings (SSSR count). The smallest absolute Gasteiger partial charge is 0.0345 e. The quantitative estimate of drug-likeness (QED) is 0.914. The summed E-state index contributed by atoms with van der Waals surface area (Å²) in [5.74, 6) is 0. The Bertz CT molecular complexity index is 422. The Kier molecular flexibility index (Phi) is 5.39. The normalized spacial score (nSPS) is 21.0. The van der Waals surface area contributed by atoms with Crippen molar-refractivity contribution in [3.63, 3.8) is 0 Å². The van der Waals surface area contributed by atoms with E-state index in [1.54, 1.807) is 0 Å². The molecule has 0 saturated carbocycles. The van der Waals surface area contributed by atoms with Crippen molar-refractivity contribution in [3.05, 3.63) is 33.8 Å². The van der Waals surface area contributed by atoms with Crippen molar-refractivity contribution < 1.29 is 0 Å². The van der Waals surface area contributed by atoms with E-state index in [0.29, 0.717) is 6.04 Å². The molecule has 0 amide bonds. The fraction of sp³-hybridized carbons (Fsp3) is 0.600. The van der Waals surface area contributed by atoms with Crippen LogP contribution in [-0.2, 0) is 6.54 Å². The molecule has 3 nitrogen and oxygen atoms in total. The fourth-order valence-electron chi connectivity index (χ4n) is 2.59. The van der Waals surface area contributed by atoms with Gasteiger partial charge < -0.3 is 10.2 Å². The van der Waals surface area contributed by atoms with Crippen LogP contribution in [0.3, 0.4) is 0 Å². The Labute approximate surface area is 125 Å². The molecular formula is C15H24BrN3. The first-order valence-corrected chi connectivity index (χ1v) is 7.70. The molecule has 1 unspecified atom stereocenters. The van der Waals surface area contributed by atoms with Crippen molar-refractivity contribution in [1.29, 1.82) is 0 Å². The Morgan fingerprint density at radius 3 is 3.00 bits per heavy atom. The van der Waals surface area contributed by atoms with Crippen molar-refractivity contribution >= 4 is 15.9 Å². The Balaban J connectivity index is 1.93. The van der Waals surface area contributed by atoms with E-state index in [2.05, 4.69) is 70.3 Å². The number of hydrogen-bond acceptors (Lipinski definition) is 3. The molecular weight excluding hydrogens is 302 g/mol. The molecule has 4 heteroatoms. The summed E-state index contributed by atoms with van der Waals surface area (Å²) in [6.07, 6.45) is 0. The lowest BCUT2D eigenvalue weighted by Gasteiger charge is -2.35. The third kappa shape index (κ3) is 4.28. The third-order valence-corrected chi connectivity index (χ3v) is 4.41. The largest absolute Gasteiger partial charge is 0.314 e. The van der Waals surface area contributed by atoms with Gasteiger partial charge in [0.2, 0.25) is 0 Å². The molecule has 1 saturated heterocycles. The van der Waals surface area contributed by atoms with Crippen LogP contribution in [0.1, 0.15) is 11.1 Å². The maximum atomic E-state index is 3.56. The van der Waals surface area contributed by atoms with Gasteiger partial charge in [0.25, 0.3) is 0 Å². The summed E-state index contributed by atoms with van der Waals surface area (Å²) < 4.78 is 1.16.